The van der Waals surface area contributed by atoms with E-state index in [0.717, 1.165) is 29.2 Å². The molecule has 2 bridgehead atoms. The Labute approximate surface area is 163 Å². The van der Waals surface area contributed by atoms with E-state index in [1.165, 1.54) is 0 Å². The van der Waals surface area contributed by atoms with Gasteiger partial charge in [0.05, 0.1) is 24.1 Å². The molecule has 148 valence electrons. The van der Waals surface area contributed by atoms with Gasteiger partial charge in [0.15, 0.2) is 0 Å². The standard InChI is InChI=1S/C20H25N5O3/c1-9-11-6-7-22-20-15(11)18(24-16(9)19(27)21-3)25-14(8-26)12-4-5-13(23-12)17(25)10(2)28-20/h6-7,10,12-14,17,23,26H,4-5,8H2,1-3H3,(H,21,27). The molecule has 5 atom stereocenters. The van der Waals surface area contributed by atoms with Crippen LogP contribution < -0.4 is 20.3 Å². The minimum absolute atomic E-state index is 0.000967. The van der Waals surface area contributed by atoms with Crippen molar-refractivity contribution >= 4 is 22.5 Å². The molecule has 5 rings (SSSR count). The molecular formula is C20H25N5O3. The van der Waals surface area contributed by atoms with Crippen LogP contribution >= 0.6 is 0 Å². The lowest BCUT2D eigenvalue weighted by Crippen LogP contribution is -2.68. The van der Waals surface area contributed by atoms with Crippen LogP contribution in [0, 0.1) is 6.92 Å². The van der Waals surface area contributed by atoms with Crippen molar-refractivity contribution < 1.29 is 14.6 Å². The van der Waals surface area contributed by atoms with Crippen LogP contribution in [0.2, 0.25) is 0 Å². The Balaban J connectivity index is 1.83. The zero-order valence-electron chi connectivity index (χ0n) is 16.3. The number of amides is 1. The lowest BCUT2D eigenvalue weighted by molar-refractivity contribution is 0.0957. The topological polar surface area (TPSA) is 99.6 Å². The Morgan fingerprint density at radius 3 is 2.96 bits per heavy atom. The Morgan fingerprint density at radius 2 is 2.21 bits per heavy atom. The van der Waals surface area contributed by atoms with Crippen LogP contribution in [0.25, 0.3) is 10.8 Å². The molecule has 8 heteroatoms. The maximum atomic E-state index is 12.6. The number of nitrogens with one attached hydrogen (secondary N) is 2. The van der Waals surface area contributed by atoms with E-state index >= 15 is 0 Å². The monoisotopic (exact) mass is 383 g/mol. The molecular weight excluding hydrogens is 358 g/mol. The number of carbonyl (C=O) groups excluding carboxylic acids is 1. The summed E-state index contributed by atoms with van der Waals surface area (Å²) in [7, 11) is 1.61. The summed E-state index contributed by atoms with van der Waals surface area (Å²) in [5.74, 6) is 1.01. The highest BCUT2D eigenvalue weighted by molar-refractivity contribution is 6.05. The molecule has 2 saturated heterocycles. The maximum Gasteiger partial charge on any atom is 0.270 e. The van der Waals surface area contributed by atoms with E-state index in [1.807, 2.05) is 19.9 Å². The van der Waals surface area contributed by atoms with Crippen LogP contribution in [0.5, 0.6) is 5.88 Å². The summed E-state index contributed by atoms with van der Waals surface area (Å²) in [5.41, 5.74) is 1.20. The van der Waals surface area contributed by atoms with E-state index in [0.29, 0.717) is 17.4 Å². The largest absolute Gasteiger partial charge is 0.472 e. The Kier molecular flexibility index (Phi) is 3.96. The Bertz CT molecular complexity index is 964. The summed E-state index contributed by atoms with van der Waals surface area (Å²) in [6, 6.07) is 2.22. The van der Waals surface area contributed by atoms with Crippen LogP contribution in [0.15, 0.2) is 12.3 Å². The predicted molar refractivity (Wildman–Crippen MR) is 105 cm³/mol. The second-order valence-electron chi connectivity index (χ2n) is 7.95. The van der Waals surface area contributed by atoms with Gasteiger partial charge in [-0.15, -0.1) is 0 Å². The summed E-state index contributed by atoms with van der Waals surface area (Å²) in [4.78, 5) is 24.1. The van der Waals surface area contributed by atoms with Gasteiger partial charge in [0, 0.05) is 25.3 Å². The van der Waals surface area contributed by atoms with E-state index in [1.54, 1.807) is 13.2 Å². The second kappa shape index (κ2) is 6.28. The summed E-state index contributed by atoms with van der Waals surface area (Å²) >= 11 is 0. The molecule has 3 aliphatic heterocycles. The number of aromatic nitrogens is 2. The first kappa shape index (κ1) is 17.6. The molecule has 2 aromatic rings. The minimum Gasteiger partial charge on any atom is -0.472 e. The van der Waals surface area contributed by atoms with Gasteiger partial charge in [-0.25, -0.2) is 9.97 Å². The molecule has 2 fully saturated rings. The first-order valence-electron chi connectivity index (χ1n) is 9.88. The molecule has 0 radical (unpaired) electrons. The van der Waals surface area contributed by atoms with Gasteiger partial charge in [0.2, 0.25) is 5.88 Å². The zero-order chi connectivity index (χ0) is 19.6. The van der Waals surface area contributed by atoms with Gasteiger partial charge in [0.25, 0.3) is 5.91 Å². The van der Waals surface area contributed by atoms with Crippen LogP contribution in [0.3, 0.4) is 0 Å². The molecule has 1 amide bonds. The number of anilines is 1. The SMILES string of the molecule is CNC(=O)c1nc2c3c(nccc3c1C)OC(C)C1C3CCC(N3)C(CO)N21. The van der Waals surface area contributed by atoms with E-state index < -0.39 is 0 Å². The molecule has 3 N–H and O–H groups in total. The van der Waals surface area contributed by atoms with Crippen LogP contribution in [-0.2, 0) is 0 Å². The fraction of sp³-hybridized carbons (Fsp3) is 0.550. The van der Waals surface area contributed by atoms with Crippen molar-refractivity contribution in [1.29, 1.82) is 0 Å². The first-order chi connectivity index (χ1) is 13.5. The highest BCUT2D eigenvalue weighted by atomic mass is 16.5. The summed E-state index contributed by atoms with van der Waals surface area (Å²) in [6.45, 7) is 3.96. The second-order valence-corrected chi connectivity index (χ2v) is 7.95. The molecule has 5 heterocycles. The number of aliphatic hydroxyl groups is 1. The predicted octanol–water partition coefficient (Wildman–Crippen LogP) is 0.749. The van der Waals surface area contributed by atoms with Crippen molar-refractivity contribution in [3.8, 4) is 5.88 Å². The fourth-order valence-electron chi connectivity index (χ4n) is 5.26. The van der Waals surface area contributed by atoms with Crippen LogP contribution in [-0.4, -0.2) is 64.9 Å². The normalized spacial score (nSPS) is 30.6. The van der Waals surface area contributed by atoms with Crippen LogP contribution in [0.4, 0.5) is 5.82 Å². The van der Waals surface area contributed by atoms with Gasteiger partial charge in [-0.05, 0) is 43.7 Å². The number of hydrogen-bond donors (Lipinski definition) is 3. The van der Waals surface area contributed by atoms with Crippen molar-refractivity contribution in [2.45, 2.75) is 57.0 Å². The number of rotatable bonds is 2. The molecule has 5 unspecified atom stereocenters. The van der Waals surface area contributed by atoms with Crippen molar-refractivity contribution in [1.82, 2.24) is 20.6 Å². The van der Waals surface area contributed by atoms with Gasteiger partial charge < -0.3 is 25.4 Å². The van der Waals surface area contributed by atoms with Gasteiger partial charge in [-0.3, -0.25) is 4.79 Å². The Morgan fingerprint density at radius 1 is 1.43 bits per heavy atom. The molecule has 2 aromatic heterocycles. The third kappa shape index (κ3) is 2.28. The van der Waals surface area contributed by atoms with Gasteiger partial charge in [-0.2, -0.15) is 0 Å². The van der Waals surface area contributed by atoms with Crippen LogP contribution in [0.1, 0.15) is 35.8 Å². The number of ether oxygens (including phenoxy) is 1. The molecule has 0 spiro atoms. The number of fused-ring (bicyclic) bond motifs is 5. The Hall–Kier alpha value is -2.45. The summed E-state index contributed by atoms with van der Waals surface area (Å²) < 4.78 is 6.31. The average molecular weight is 383 g/mol. The number of carbonyl (C=O) groups is 1. The van der Waals surface area contributed by atoms with Gasteiger partial charge >= 0.3 is 0 Å². The lowest BCUT2D eigenvalue weighted by atomic mass is 9.95. The van der Waals surface area contributed by atoms with Crippen molar-refractivity contribution in [2.24, 2.45) is 0 Å². The van der Waals surface area contributed by atoms with Crippen molar-refractivity contribution in [3.05, 3.63) is 23.5 Å². The molecule has 0 saturated carbocycles. The fourth-order valence-corrected chi connectivity index (χ4v) is 5.26. The highest BCUT2D eigenvalue weighted by Crippen LogP contribution is 2.44. The van der Waals surface area contributed by atoms with E-state index in [9.17, 15) is 9.90 Å². The van der Waals surface area contributed by atoms with Crippen molar-refractivity contribution in [3.63, 3.8) is 0 Å². The zero-order valence-corrected chi connectivity index (χ0v) is 16.3. The average Bonchev–Trinajstić information content (AvgIpc) is 3.06. The lowest BCUT2D eigenvalue weighted by Gasteiger charge is -2.47. The number of aliphatic hydroxyl groups excluding tert-OH is 1. The smallest absolute Gasteiger partial charge is 0.270 e. The quantitative estimate of drug-likeness (QED) is 0.704. The third-order valence-corrected chi connectivity index (χ3v) is 6.54. The molecule has 3 aliphatic rings. The van der Waals surface area contributed by atoms with E-state index in [-0.39, 0.29) is 42.8 Å². The van der Waals surface area contributed by atoms with Gasteiger partial charge in [0.1, 0.15) is 17.6 Å². The summed E-state index contributed by atoms with van der Waals surface area (Å²) in [6.07, 6.45) is 3.61. The third-order valence-electron chi connectivity index (χ3n) is 6.54. The number of aryl methyl sites for hydroxylation is 1. The minimum atomic E-state index is -0.220. The molecule has 28 heavy (non-hydrogen) atoms. The van der Waals surface area contributed by atoms with E-state index in [2.05, 4.69) is 20.5 Å². The number of nitrogens with zero attached hydrogens (tertiary/aromatic N) is 3. The highest BCUT2D eigenvalue weighted by Gasteiger charge is 2.51. The van der Waals surface area contributed by atoms with Gasteiger partial charge in [-0.1, -0.05) is 0 Å². The van der Waals surface area contributed by atoms with E-state index in [4.69, 9.17) is 9.72 Å². The first-order valence-corrected chi connectivity index (χ1v) is 9.88. The maximum absolute atomic E-state index is 12.6. The number of piperazine rings is 1. The van der Waals surface area contributed by atoms with Crippen molar-refractivity contribution in [2.75, 3.05) is 18.6 Å². The molecule has 8 nitrogen and oxygen atoms in total. The molecule has 0 aliphatic carbocycles. The number of hydrogen-bond acceptors (Lipinski definition) is 7. The summed E-state index contributed by atoms with van der Waals surface area (Å²) in [5, 5.41) is 18.3. The molecule has 0 aromatic carbocycles. The number of pyridine rings is 2.